The highest BCUT2D eigenvalue weighted by Crippen LogP contribution is 2.40. The largest absolute Gasteiger partial charge is 0.393 e. The third-order valence-corrected chi connectivity index (χ3v) is 3.20. The van der Waals surface area contributed by atoms with Crippen molar-refractivity contribution in [3.8, 4) is 0 Å². The van der Waals surface area contributed by atoms with E-state index in [0.29, 0.717) is 4.57 Å². The summed E-state index contributed by atoms with van der Waals surface area (Å²) < 4.78 is 31.6. The van der Waals surface area contributed by atoms with Crippen molar-refractivity contribution in [3.05, 3.63) is 22.7 Å². The first-order valence-electron chi connectivity index (χ1n) is 5.61. The Bertz CT molecular complexity index is 554. The van der Waals surface area contributed by atoms with Crippen LogP contribution in [0.2, 0.25) is 0 Å². The Balaban J connectivity index is 2.42. The Labute approximate surface area is 111 Å². The van der Waals surface area contributed by atoms with Gasteiger partial charge in [0.25, 0.3) is 6.43 Å². The van der Waals surface area contributed by atoms with Gasteiger partial charge in [0.2, 0.25) is 0 Å². The van der Waals surface area contributed by atoms with Crippen LogP contribution in [-0.4, -0.2) is 55.7 Å². The predicted octanol–water partition coefficient (Wildman–Crippen LogP) is -1.93. The molecular formula is C10H13F2N3O5. The van der Waals surface area contributed by atoms with Crippen molar-refractivity contribution in [3.63, 3.8) is 0 Å². The van der Waals surface area contributed by atoms with Gasteiger partial charge in [-0.15, -0.1) is 0 Å². The zero-order chi connectivity index (χ0) is 15.1. The third-order valence-electron chi connectivity index (χ3n) is 3.20. The number of aromatic nitrogens is 2. The average Bonchev–Trinajstić information content (AvgIpc) is 2.64. The number of nitrogens with zero attached hydrogens (tertiary/aromatic N) is 2. The molecule has 0 bridgehead atoms. The summed E-state index contributed by atoms with van der Waals surface area (Å²) in [5.41, 5.74) is 1.68. The van der Waals surface area contributed by atoms with Crippen LogP contribution in [0.25, 0.3) is 0 Å². The summed E-state index contributed by atoms with van der Waals surface area (Å²) in [6.45, 7) is -1.23. The molecule has 0 aromatic carbocycles. The van der Waals surface area contributed by atoms with Gasteiger partial charge in [0.05, 0.1) is 6.61 Å². The summed E-state index contributed by atoms with van der Waals surface area (Å²) in [5.74, 6) is -0.0958. The van der Waals surface area contributed by atoms with Gasteiger partial charge < -0.3 is 25.8 Å². The molecule has 1 aromatic heterocycles. The molecule has 112 valence electrons. The Morgan fingerprint density at radius 1 is 1.55 bits per heavy atom. The second-order valence-corrected chi connectivity index (χ2v) is 4.40. The van der Waals surface area contributed by atoms with Crippen molar-refractivity contribution >= 4 is 5.82 Å². The highest BCUT2D eigenvalue weighted by molar-refractivity contribution is 5.23. The van der Waals surface area contributed by atoms with E-state index in [9.17, 15) is 23.8 Å². The number of nitrogens with two attached hydrogens (primary N) is 1. The molecule has 4 unspecified atom stereocenters. The normalized spacial score (nSPS) is 33.8. The molecule has 4 atom stereocenters. The summed E-state index contributed by atoms with van der Waals surface area (Å²) in [6.07, 6.45) is -7.68. The fraction of sp³-hybridized carbons (Fsp3) is 0.600. The molecule has 1 aliphatic heterocycles. The van der Waals surface area contributed by atoms with Crippen molar-refractivity contribution in [2.75, 3.05) is 12.3 Å². The van der Waals surface area contributed by atoms with Gasteiger partial charge in [-0.2, -0.15) is 4.98 Å². The second-order valence-electron chi connectivity index (χ2n) is 4.40. The number of rotatable bonds is 3. The quantitative estimate of drug-likeness (QED) is 0.510. The fourth-order valence-electron chi connectivity index (χ4n) is 2.03. The molecule has 1 aromatic rings. The van der Waals surface area contributed by atoms with Crippen LogP contribution in [0.1, 0.15) is 6.23 Å². The molecule has 0 saturated carbocycles. The van der Waals surface area contributed by atoms with Gasteiger partial charge >= 0.3 is 5.69 Å². The van der Waals surface area contributed by atoms with Gasteiger partial charge in [0, 0.05) is 6.20 Å². The number of nitrogen functional groups attached to an aromatic ring is 1. The van der Waals surface area contributed by atoms with Gasteiger partial charge in [-0.1, -0.05) is 0 Å². The molecule has 0 spiro atoms. The molecule has 2 rings (SSSR count). The molecule has 0 aliphatic carbocycles. The highest BCUT2D eigenvalue weighted by Gasteiger charge is 2.60. The van der Waals surface area contributed by atoms with E-state index in [1.165, 1.54) is 6.07 Å². The SMILES string of the molecule is Nc1ccn(C2OC(CO)(C(F)F)C(O)C2O)c(=O)n1. The van der Waals surface area contributed by atoms with Crippen molar-refractivity contribution in [2.24, 2.45) is 0 Å². The lowest BCUT2D eigenvalue weighted by Crippen LogP contribution is -2.52. The van der Waals surface area contributed by atoms with Gasteiger partial charge in [-0.05, 0) is 6.07 Å². The fourth-order valence-corrected chi connectivity index (χ4v) is 2.03. The van der Waals surface area contributed by atoms with Crippen LogP contribution in [0.4, 0.5) is 14.6 Å². The molecule has 20 heavy (non-hydrogen) atoms. The lowest BCUT2D eigenvalue weighted by atomic mass is 9.96. The second kappa shape index (κ2) is 5.05. The Morgan fingerprint density at radius 2 is 2.20 bits per heavy atom. The molecule has 5 N–H and O–H groups in total. The number of anilines is 1. The van der Waals surface area contributed by atoms with E-state index in [4.69, 9.17) is 15.6 Å². The van der Waals surface area contributed by atoms with Gasteiger partial charge in [-0.25, -0.2) is 13.6 Å². The minimum Gasteiger partial charge on any atom is -0.393 e. The molecule has 0 radical (unpaired) electrons. The Morgan fingerprint density at radius 3 is 2.65 bits per heavy atom. The number of alkyl halides is 2. The maximum Gasteiger partial charge on any atom is 0.351 e. The first-order valence-corrected chi connectivity index (χ1v) is 5.61. The van der Waals surface area contributed by atoms with Crippen LogP contribution >= 0.6 is 0 Å². The molecule has 8 nitrogen and oxygen atoms in total. The zero-order valence-corrected chi connectivity index (χ0v) is 10.1. The van der Waals surface area contributed by atoms with Crippen molar-refractivity contribution < 1.29 is 28.8 Å². The van der Waals surface area contributed by atoms with Gasteiger partial charge in [0.1, 0.15) is 18.0 Å². The van der Waals surface area contributed by atoms with E-state index in [1.54, 1.807) is 0 Å². The van der Waals surface area contributed by atoms with Gasteiger partial charge in [-0.3, -0.25) is 4.57 Å². The Kier molecular flexibility index (Phi) is 3.73. The van der Waals surface area contributed by atoms with Crippen LogP contribution in [0.5, 0.6) is 0 Å². The molecule has 1 aliphatic rings. The summed E-state index contributed by atoms with van der Waals surface area (Å²) in [6, 6.07) is 1.20. The molecular weight excluding hydrogens is 280 g/mol. The van der Waals surface area contributed by atoms with E-state index in [2.05, 4.69) is 4.98 Å². The zero-order valence-electron chi connectivity index (χ0n) is 10.1. The number of hydrogen-bond acceptors (Lipinski definition) is 7. The maximum absolute atomic E-state index is 13.0. The summed E-state index contributed by atoms with van der Waals surface area (Å²) >= 11 is 0. The number of hydrogen-bond donors (Lipinski definition) is 4. The van der Waals surface area contributed by atoms with Crippen LogP contribution in [-0.2, 0) is 4.74 Å². The molecule has 1 fully saturated rings. The van der Waals surface area contributed by atoms with E-state index >= 15 is 0 Å². The molecule has 2 heterocycles. The van der Waals surface area contributed by atoms with E-state index < -0.39 is 42.8 Å². The van der Waals surface area contributed by atoms with Crippen LogP contribution in [0.15, 0.2) is 17.1 Å². The molecule has 10 heteroatoms. The van der Waals surface area contributed by atoms with Gasteiger partial charge in [0.15, 0.2) is 11.8 Å². The standard InChI is InChI=1S/C10H13F2N3O5/c11-8(12)10(3-16)6(18)5(17)7(20-10)15-2-1-4(13)14-9(15)19/h1-2,5-8,16-18H,3H2,(H2,13,14,19). The lowest BCUT2D eigenvalue weighted by Gasteiger charge is -2.28. The Hall–Kier alpha value is -1.62. The monoisotopic (exact) mass is 293 g/mol. The predicted molar refractivity (Wildman–Crippen MR) is 60.9 cm³/mol. The van der Waals surface area contributed by atoms with Crippen molar-refractivity contribution in [2.45, 2.75) is 30.5 Å². The minimum absolute atomic E-state index is 0.0958. The number of halogens is 2. The van der Waals surface area contributed by atoms with Crippen molar-refractivity contribution in [1.82, 2.24) is 9.55 Å². The highest BCUT2D eigenvalue weighted by atomic mass is 19.3. The smallest absolute Gasteiger partial charge is 0.351 e. The first-order chi connectivity index (χ1) is 9.33. The topological polar surface area (TPSA) is 131 Å². The summed E-state index contributed by atoms with van der Waals surface area (Å²) in [4.78, 5) is 15.0. The lowest BCUT2D eigenvalue weighted by molar-refractivity contribution is -0.195. The number of aliphatic hydroxyl groups excluding tert-OH is 3. The number of ether oxygens (including phenoxy) is 1. The average molecular weight is 293 g/mol. The third kappa shape index (κ3) is 2.06. The van der Waals surface area contributed by atoms with Crippen LogP contribution < -0.4 is 11.4 Å². The summed E-state index contributed by atoms with van der Waals surface area (Å²) in [5, 5.41) is 28.5. The van der Waals surface area contributed by atoms with E-state index in [-0.39, 0.29) is 5.82 Å². The maximum atomic E-state index is 13.0. The molecule has 1 saturated heterocycles. The summed E-state index contributed by atoms with van der Waals surface area (Å²) in [7, 11) is 0. The van der Waals surface area contributed by atoms with Crippen molar-refractivity contribution in [1.29, 1.82) is 0 Å². The van der Waals surface area contributed by atoms with E-state index in [0.717, 1.165) is 6.20 Å². The van der Waals surface area contributed by atoms with E-state index in [1.807, 2.05) is 0 Å². The minimum atomic E-state index is -3.26. The first kappa shape index (κ1) is 14.8. The van der Waals surface area contributed by atoms with Crippen LogP contribution in [0.3, 0.4) is 0 Å². The molecule has 0 amide bonds. The number of aliphatic hydroxyl groups is 3. The van der Waals surface area contributed by atoms with Crippen LogP contribution in [0, 0.1) is 0 Å².